The Balaban J connectivity index is 1.76. The fraction of sp³-hybridized carbons (Fsp3) is 0.105. The number of aromatic amines is 1. The number of nitrogen functional groups attached to an aromatic ring is 1. The number of aromatic nitrogens is 2. The molecule has 2 aromatic carbocycles. The number of amides is 2. The molecule has 0 unspecified atom stereocenters. The van der Waals surface area contributed by atoms with Crippen molar-refractivity contribution in [2.75, 3.05) is 21.7 Å². The van der Waals surface area contributed by atoms with Crippen molar-refractivity contribution < 1.29 is 22.4 Å². The summed E-state index contributed by atoms with van der Waals surface area (Å²) in [6.45, 7) is 1.76. The highest BCUT2D eigenvalue weighted by molar-refractivity contribution is 6.00. The zero-order valence-electron chi connectivity index (χ0n) is 15.9. The average Bonchev–Trinajstić information content (AvgIpc) is 2.62. The fourth-order valence-electron chi connectivity index (χ4n) is 2.63. The summed E-state index contributed by atoms with van der Waals surface area (Å²) in [5, 5.41) is 7.49. The van der Waals surface area contributed by atoms with E-state index >= 15 is 0 Å². The second-order valence-electron chi connectivity index (χ2n) is 6.48. The molecule has 1 aromatic heterocycles. The summed E-state index contributed by atoms with van der Waals surface area (Å²) in [7, 11) is 0. The van der Waals surface area contributed by atoms with Crippen LogP contribution >= 0.6 is 0 Å². The number of nitrogens with one attached hydrogen (secondary N) is 4. The van der Waals surface area contributed by atoms with Crippen molar-refractivity contribution in [2.24, 2.45) is 0 Å². The molecule has 8 nitrogen and oxygen atoms in total. The topological polar surface area (TPSA) is 125 Å². The largest absolute Gasteiger partial charge is 0.416 e. The molecule has 0 bridgehead atoms. The van der Waals surface area contributed by atoms with Gasteiger partial charge in [0.1, 0.15) is 11.6 Å². The molecule has 2 amide bonds. The van der Waals surface area contributed by atoms with Gasteiger partial charge in [0, 0.05) is 23.1 Å². The zero-order valence-corrected chi connectivity index (χ0v) is 15.9. The number of H-pyrrole nitrogens is 1. The van der Waals surface area contributed by atoms with Gasteiger partial charge in [-0.1, -0.05) is 6.07 Å². The molecule has 12 heteroatoms. The van der Waals surface area contributed by atoms with Crippen LogP contribution in [-0.2, 0) is 6.18 Å². The minimum atomic E-state index is -4.76. The third kappa shape index (κ3) is 5.72. The van der Waals surface area contributed by atoms with Gasteiger partial charge in [-0.25, -0.2) is 9.18 Å². The maximum Gasteiger partial charge on any atom is 0.416 e. The van der Waals surface area contributed by atoms with Crippen LogP contribution in [0.1, 0.15) is 11.1 Å². The molecule has 1 heterocycles. The van der Waals surface area contributed by atoms with E-state index in [4.69, 9.17) is 5.73 Å². The Kier molecular flexibility index (Phi) is 5.81. The standard InChI is InChI=1S/C19H16F4N6O2/c1-9-2-3-12(7-14(9)27-15-8-16(30)29-17(24)28-15)25-18(31)26-13-5-10(19(21,22)23)4-11(20)6-13/h2-8H,1H3,(H2,25,26,31)(H4,24,27,28,29,30). The van der Waals surface area contributed by atoms with Gasteiger partial charge in [-0.15, -0.1) is 0 Å². The SMILES string of the molecule is Cc1ccc(NC(=O)Nc2cc(F)cc(C(F)(F)F)c2)cc1Nc1cc(=O)[nH]c(N)n1. The summed E-state index contributed by atoms with van der Waals surface area (Å²) in [5.41, 5.74) is 4.95. The van der Waals surface area contributed by atoms with Gasteiger partial charge in [-0.3, -0.25) is 9.78 Å². The van der Waals surface area contributed by atoms with Crippen LogP contribution < -0.4 is 27.2 Å². The molecule has 0 saturated heterocycles. The molecule has 31 heavy (non-hydrogen) atoms. The van der Waals surface area contributed by atoms with Crippen molar-refractivity contribution in [2.45, 2.75) is 13.1 Å². The van der Waals surface area contributed by atoms with Gasteiger partial charge in [0.25, 0.3) is 5.56 Å². The summed E-state index contributed by atoms with van der Waals surface area (Å²) < 4.78 is 51.9. The molecule has 0 atom stereocenters. The van der Waals surface area contributed by atoms with Crippen molar-refractivity contribution >= 4 is 34.9 Å². The second-order valence-corrected chi connectivity index (χ2v) is 6.48. The Bertz CT molecular complexity index is 1190. The summed E-state index contributed by atoms with van der Waals surface area (Å²) in [6, 6.07) is 6.73. The Morgan fingerprint density at radius 1 is 1.06 bits per heavy atom. The lowest BCUT2D eigenvalue weighted by atomic mass is 10.1. The fourth-order valence-corrected chi connectivity index (χ4v) is 2.63. The second kappa shape index (κ2) is 8.34. The van der Waals surface area contributed by atoms with Gasteiger partial charge in [-0.2, -0.15) is 18.2 Å². The first-order valence-corrected chi connectivity index (χ1v) is 8.70. The van der Waals surface area contributed by atoms with Crippen LogP contribution in [0.2, 0.25) is 0 Å². The van der Waals surface area contributed by atoms with Gasteiger partial charge < -0.3 is 21.7 Å². The van der Waals surface area contributed by atoms with E-state index in [-0.39, 0.29) is 23.1 Å². The molecule has 0 spiro atoms. The monoisotopic (exact) mass is 436 g/mol. The van der Waals surface area contributed by atoms with E-state index in [0.717, 1.165) is 11.6 Å². The van der Waals surface area contributed by atoms with E-state index in [1.807, 2.05) is 0 Å². The molecule has 0 aliphatic rings. The van der Waals surface area contributed by atoms with Crippen LogP contribution in [0.15, 0.2) is 47.3 Å². The Labute approximate surface area is 172 Å². The molecular formula is C19H16F4N6O2. The normalized spacial score (nSPS) is 11.1. The molecule has 3 rings (SSSR count). The van der Waals surface area contributed by atoms with E-state index in [0.29, 0.717) is 17.8 Å². The van der Waals surface area contributed by atoms with Crippen LogP contribution in [0.3, 0.4) is 0 Å². The minimum Gasteiger partial charge on any atom is -0.369 e. The number of rotatable bonds is 4. The van der Waals surface area contributed by atoms with E-state index in [1.165, 1.54) is 12.1 Å². The van der Waals surface area contributed by atoms with Crippen molar-refractivity contribution in [1.29, 1.82) is 0 Å². The summed E-state index contributed by atoms with van der Waals surface area (Å²) in [5.74, 6) is -1.06. The van der Waals surface area contributed by atoms with Crippen molar-refractivity contribution in [3.63, 3.8) is 0 Å². The quantitative estimate of drug-likeness (QED) is 0.392. The Morgan fingerprint density at radius 2 is 1.77 bits per heavy atom. The molecule has 0 aliphatic carbocycles. The third-order valence-electron chi connectivity index (χ3n) is 4.00. The average molecular weight is 436 g/mol. The molecule has 162 valence electrons. The van der Waals surface area contributed by atoms with Crippen LogP contribution in [0.5, 0.6) is 0 Å². The minimum absolute atomic E-state index is 0.0883. The number of hydrogen-bond donors (Lipinski definition) is 5. The lowest BCUT2D eigenvalue weighted by Crippen LogP contribution is -2.20. The first-order valence-electron chi connectivity index (χ1n) is 8.70. The molecular weight excluding hydrogens is 420 g/mol. The van der Waals surface area contributed by atoms with Crippen molar-refractivity contribution in [3.05, 3.63) is 69.8 Å². The van der Waals surface area contributed by atoms with Gasteiger partial charge in [0.05, 0.1) is 5.56 Å². The Hall–Kier alpha value is -4.09. The maximum atomic E-state index is 13.5. The van der Waals surface area contributed by atoms with Crippen molar-refractivity contribution in [3.8, 4) is 0 Å². The highest BCUT2D eigenvalue weighted by atomic mass is 19.4. The number of anilines is 5. The number of urea groups is 1. The summed E-state index contributed by atoms with van der Waals surface area (Å²) in [4.78, 5) is 29.9. The van der Waals surface area contributed by atoms with Crippen LogP contribution in [0, 0.1) is 12.7 Å². The number of nitrogens with zero attached hydrogens (tertiary/aromatic N) is 1. The van der Waals surface area contributed by atoms with Gasteiger partial charge in [0.2, 0.25) is 5.95 Å². The van der Waals surface area contributed by atoms with E-state index in [2.05, 4.69) is 25.9 Å². The highest BCUT2D eigenvalue weighted by Gasteiger charge is 2.31. The predicted octanol–water partition coefficient (Wildman–Crippen LogP) is 4.21. The lowest BCUT2D eigenvalue weighted by molar-refractivity contribution is -0.137. The highest BCUT2D eigenvalue weighted by Crippen LogP contribution is 2.31. The number of alkyl halides is 3. The van der Waals surface area contributed by atoms with Gasteiger partial charge in [-0.05, 0) is 42.8 Å². The maximum absolute atomic E-state index is 13.5. The molecule has 0 saturated carbocycles. The molecule has 0 aliphatic heterocycles. The number of halogens is 4. The van der Waals surface area contributed by atoms with E-state index in [9.17, 15) is 27.2 Å². The molecule has 3 aromatic rings. The molecule has 0 fully saturated rings. The first-order chi connectivity index (χ1) is 14.5. The third-order valence-corrected chi connectivity index (χ3v) is 4.00. The lowest BCUT2D eigenvalue weighted by Gasteiger charge is -2.13. The zero-order chi connectivity index (χ0) is 22.8. The van der Waals surface area contributed by atoms with Crippen molar-refractivity contribution in [1.82, 2.24) is 9.97 Å². The van der Waals surface area contributed by atoms with Gasteiger partial charge in [0.15, 0.2) is 0 Å². The predicted molar refractivity (Wildman–Crippen MR) is 108 cm³/mol. The van der Waals surface area contributed by atoms with Crippen LogP contribution in [0.4, 0.5) is 51.2 Å². The first kappa shape index (κ1) is 21.6. The number of benzene rings is 2. The Morgan fingerprint density at radius 3 is 2.45 bits per heavy atom. The summed E-state index contributed by atoms with van der Waals surface area (Å²) >= 11 is 0. The smallest absolute Gasteiger partial charge is 0.369 e. The molecule has 0 radical (unpaired) electrons. The van der Waals surface area contributed by atoms with Crippen LogP contribution in [0.25, 0.3) is 0 Å². The number of nitrogens with two attached hydrogens (primary N) is 1. The van der Waals surface area contributed by atoms with Crippen LogP contribution in [-0.4, -0.2) is 16.0 Å². The van der Waals surface area contributed by atoms with E-state index < -0.39 is 29.1 Å². The van der Waals surface area contributed by atoms with Gasteiger partial charge >= 0.3 is 12.2 Å². The number of aryl methyl sites for hydroxylation is 1. The number of carbonyl (C=O) groups is 1. The number of hydrogen-bond acceptors (Lipinski definition) is 5. The number of carbonyl (C=O) groups excluding carboxylic acids is 1. The molecule has 6 N–H and O–H groups in total. The van der Waals surface area contributed by atoms with E-state index in [1.54, 1.807) is 19.1 Å². The summed E-state index contributed by atoms with van der Waals surface area (Å²) in [6.07, 6.45) is -4.76.